The van der Waals surface area contributed by atoms with Crippen molar-refractivity contribution in [1.29, 1.82) is 0 Å². The molecule has 0 spiro atoms. The van der Waals surface area contributed by atoms with E-state index in [0.29, 0.717) is 5.88 Å². The summed E-state index contributed by atoms with van der Waals surface area (Å²) in [6, 6.07) is 9.48. The summed E-state index contributed by atoms with van der Waals surface area (Å²) in [5.74, 6) is 0.457. The van der Waals surface area contributed by atoms with Crippen LogP contribution in [0.2, 0.25) is 0 Å². The molecule has 3 N–H and O–H groups in total. The van der Waals surface area contributed by atoms with Crippen molar-refractivity contribution in [3.63, 3.8) is 0 Å². The molecule has 5 rings (SSSR count). The number of carbonyl (C=O) groups is 1. The van der Waals surface area contributed by atoms with Crippen LogP contribution >= 0.6 is 0 Å². The van der Waals surface area contributed by atoms with E-state index in [-0.39, 0.29) is 11.5 Å². The summed E-state index contributed by atoms with van der Waals surface area (Å²) in [6.07, 6.45) is 8.31. The highest BCUT2D eigenvalue weighted by atomic mass is 16.5. The Morgan fingerprint density at radius 3 is 3.08 bits per heavy atom. The van der Waals surface area contributed by atoms with Crippen LogP contribution in [0, 0.1) is 0 Å². The van der Waals surface area contributed by atoms with E-state index in [2.05, 4.69) is 25.3 Å². The summed E-state index contributed by atoms with van der Waals surface area (Å²) in [5.41, 5.74) is 4.19. The zero-order chi connectivity index (χ0) is 17.5. The summed E-state index contributed by atoms with van der Waals surface area (Å²) >= 11 is 0. The average molecular weight is 343 g/mol. The normalized spacial score (nSPS) is 15.6. The van der Waals surface area contributed by atoms with Crippen LogP contribution in [0.4, 0.5) is 5.69 Å². The highest BCUT2D eigenvalue weighted by Gasteiger charge is 2.21. The van der Waals surface area contributed by atoms with Crippen molar-refractivity contribution >= 4 is 39.6 Å². The number of ether oxygens (including phenoxy) is 1. The van der Waals surface area contributed by atoms with Crippen LogP contribution in [0.25, 0.3) is 28.1 Å². The minimum absolute atomic E-state index is 0.188. The maximum Gasteiger partial charge on any atom is 0.226 e. The lowest BCUT2D eigenvalue weighted by molar-refractivity contribution is -0.112. The summed E-state index contributed by atoms with van der Waals surface area (Å²) in [7, 11) is 0. The first-order valence-electron chi connectivity index (χ1n) is 8.04. The molecule has 0 fully saturated rings. The first-order valence-corrected chi connectivity index (χ1v) is 8.04. The van der Waals surface area contributed by atoms with Gasteiger partial charge in [0.1, 0.15) is 5.65 Å². The number of nitrogens with zero attached hydrogens (tertiary/aromatic N) is 2. The third kappa shape index (κ3) is 2.42. The second-order valence-corrected chi connectivity index (χ2v) is 5.89. The van der Waals surface area contributed by atoms with E-state index in [1.807, 2.05) is 30.3 Å². The van der Waals surface area contributed by atoms with Gasteiger partial charge in [-0.05, 0) is 36.4 Å². The molecule has 0 saturated heterocycles. The van der Waals surface area contributed by atoms with Crippen molar-refractivity contribution in [1.82, 2.24) is 19.9 Å². The number of rotatable bonds is 3. The fourth-order valence-corrected chi connectivity index (χ4v) is 2.94. The van der Waals surface area contributed by atoms with Gasteiger partial charge in [-0.3, -0.25) is 4.79 Å². The van der Waals surface area contributed by atoms with Crippen molar-refractivity contribution in [2.75, 3.05) is 5.32 Å². The van der Waals surface area contributed by atoms with Gasteiger partial charge in [0.05, 0.1) is 23.4 Å². The predicted octanol–water partition coefficient (Wildman–Crippen LogP) is 3.33. The zero-order valence-electron chi connectivity index (χ0n) is 13.5. The van der Waals surface area contributed by atoms with E-state index >= 15 is 0 Å². The molecule has 4 aromatic rings. The number of aromatic amines is 2. The lowest BCUT2D eigenvalue weighted by Crippen LogP contribution is -1.99. The number of hydrogen-bond donors (Lipinski definition) is 3. The van der Waals surface area contributed by atoms with Crippen LogP contribution in [0.1, 0.15) is 5.56 Å². The second kappa shape index (κ2) is 5.59. The molecule has 4 heterocycles. The quantitative estimate of drug-likeness (QED) is 0.496. The molecule has 26 heavy (non-hydrogen) atoms. The number of fused-ring (bicyclic) bond motifs is 2. The molecule has 0 saturated carbocycles. The van der Waals surface area contributed by atoms with Gasteiger partial charge in [0.25, 0.3) is 0 Å². The number of benzene rings is 1. The highest BCUT2D eigenvalue weighted by Crippen LogP contribution is 2.25. The number of hydrogen-bond acceptors (Lipinski definition) is 5. The van der Waals surface area contributed by atoms with Gasteiger partial charge in [-0.25, -0.2) is 9.97 Å². The molecule has 0 bridgehead atoms. The van der Waals surface area contributed by atoms with Crippen molar-refractivity contribution in [3.05, 3.63) is 72.3 Å². The number of carbonyl (C=O) groups excluding carboxylic acids is 1. The Balaban J connectivity index is 1.40. The molecule has 0 unspecified atom stereocenters. The number of H-pyrrole nitrogens is 2. The molecule has 0 amide bonds. The van der Waals surface area contributed by atoms with Gasteiger partial charge in [0.15, 0.2) is 5.76 Å². The Labute approximate surface area is 147 Å². The molecule has 0 atom stereocenters. The Morgan fingerprint density at radius 1 is 1.15 bits per heavy atom. The second-order valence-electron chi connectivity index (χ2n) is 5.89. The molecule has 0 radical (unpaired) electrons. The van der Waals surface area contributed by atoms with Crippen molar-refractivity contribution < 1.29 is 9.53 Å². The van der Waals surface area contributed by atoms with E-state index in [0.717, 1.165) is 33.3 Å². The van der Waals surface area contributed by atoms with Crippen molar-refractivity contribution in [2.45, 2.75) is 0 Å². The topological polar surface area (TPSA) is 95.7 Å². The smallest absolute Gasteiger partial charge is 0.226 e. The molecule has 1 aromatic carbocycles. The van der Waals surface area contributed by atoms with Crippen LogP contribution in [-0.2, 0) is 9.53 Å². The van der Waals surface area contributed by atoms with E-state index in [1.165, 1.54) is 6.08 Å². The third-order valence-electron chi connectivity index (χ3n) is 4.18. The van der Waals surface area contributed by atoms with Gasteiger partial charge in [-0.1, -0.05) is 0 Å². The van der Waals surface area contributed by atoms with E-state index in [1.54, 1.807) is 24.8 Å². The fraction of sp³-hybridized carbons (Fsp3) is 0. The zero-order valence-corrected chi connectivity index (χ0v) is 13.5. The number of anilines is 1. The molecular weight excluding hydrogens is 330 g/mol. The van der Waals surface area contributed by atoms with E-state index < -0.39 is 0 Å². The van der Waals surface area contributed by atoms with Gasteiger partial charge in [0.2, 0.25) is 11.7 Å². The minimum Gasteiger partial charge on any atom is -0.437 e. The number of pyridine rings is 1. The Kier molecular flexibility index (Phi) is 3.11. The summed E-state index contributed by atoms with van der Waals surface area (Å²) in [6.45, 7) is 0. The molecule has 0 aliphatic carbocycles. The maximum atomic E-state index is 12.3. The number of aromatic nitrogens is 4. The largest absolute Gasteiger partial charge is 0.437 e. The van der Waals surface area contributed by atoms with Crippen LogP contribution in [0.5, 0.6) is 0 Å². The number of nitrogens with one attached hydrogen (secondary N) is 3. The highest BCUT2D eigenvalue weighted by molar-refractivity contribution is 6.09. The first kappa shape index (κ1) is 14.5. The molecule has 3 aromatic heterocycles. The van der Waals surface area contributed by atoms with Crippen molar-refractivity contribution in [2.24, 2.45) is 0 Å². The summed E-state index contributed by atoms with van der Waals surface area (Å²) in [4.78, 5) is 26.8. The minimum atomic E-state index is -0.188. The van der Waals surface area contributed by atoms with Crippen LogP contribution in [-0.4, -0.2) is 25.7 Å². The molecular formula is C19H13N5O2. The van der Waals surface area contributed by atoms with Gasteiger partial charge in [0, 0.05) is 29.0 Å². The number of ketones is 1. The average Bonchev–Trinajstić information content (AvgIpc) is 3.35. The molecule has 7 nitrogen and oxygen atoms in total. The van der Waals surface area contributed by atoms with Gasteiger partial charge < -0.3 is 20.0 Å². The van der Waals surface area contributed by atoms with Crippen LogP contribution < -0.4 is 5.32 Å². The van der Waals surface area contributed by atoms with Gasteiger partial charge >= 0.3 is 0 Å². The van der Waals surface area contributed by atoms with Crippen LogP contribution in [0.15, 0.2) is 66.8 Å². The lowest BCUT2D eigenvalue weighted by Gasteiger charge is -2.07. The Bertz CT molecular complexity index is 1210. The Hall–Kier alpha value is -3.87. The van der Waals surface area contributed by atoms with Gasteiger partial charge in [-0.2, -0.15) is 0 Å². The first-order chi connectivity index (χ1) is 12.8. The molecule has 126 valence electrons. The predicted molar refractivity (Wildman–Crippen MR) is 98.0 cm³/mol. The standard InChI is InChI=1S/C19H13N5O2/c25-16-8-18(24-12-3-4-14-15(7-12)23-10-22-14)26-17(16)6-11-9-21-19-13(11)2-1-5-20-19/h1-10,24H,(H,20,21)(H,22,23)/b17-6+. The van der Waals surface area contributed by atoms with E-state index in [4.69, 9.17) is 4.74 Å². The SMILES string of the molecule is O=C1C=C(Nc2ccc3[nH]cnc3c2)O/C1=C/c1c[nH]c2ncccc12. The molecule has 7 heteroatoms. The number of allylic oxidation sites excluding steroid dienone is 1. The lowest BCUT2D eigenvalue weighted by atomic mass is 10.2. The number of imidazole rings is 1. The van der Waals surface area contributed by atoms with Crippen molar-refractivity contribution in [3.8, 4) is 0 Å². The summed E-state index contributed by atoms with van der Waals surface area (Å²) in [5, 5.41) is 4.04. The fourth-order valence-electron chi connectivity index (χ4n) is 2.94. The maximum absolute atomic E-state index is 12.3. The van der Waals surface area contributed by atoms with E-state index in [9.17, 15) is 4.79 Å². The van der Waals surface area contributed by atoms with Crippen LogP contribution in [0.3, 0.4) is 0 Å². The molecule has 1 aliphatic heterocycles. The van der Waals surface area contributed by atoms with Gasteiger partial charge in [-0.15, -0.1) is 0 Å². The molecule has 1 aliphatic rings. The monoisotopic (exact) mass is 343 g/mol. The Morgan fingerprint density at radius 2 is 2.12 bits per heavy atom. The summed E-state index contributed by atoms with van der Waals surface area (Å²) < 4.78 is 5.69. The third-order valence-corrected chi connectivity index (χ3v) is 4.18.